The number of fused-ring (bicyclic) bond motifs is 3. The van der Waals surface area contributed by atoms with E-state index < -0.39 is 11.0 Å². The number of carbonyl (C=O) groups is 2. The molecule has 5 saturated carbocycles. The first-order chi connectivity index (χ1) is 12.6. The van der Waals surface area contributed by atoms with Gasteiger partial charge in [0.2, 0.25) is 0 Å². The highest BCUT2D eigenvalue weighted by Crippen LogP contribution is 2.72. The lowest BCUT2D eigenvalue weighted by molar-refractivity contribution is -0.243. The fourth-order valence-electron chi connectivity index (χ4n) is 7.98. The SMILES string of the molecule is CC(=O)OC[C@]1(C)C(=O)CC[C@@]2(C)[C@@H]3C[C@@H]4CC[C@@]3(CC[C@@H]21)C[C@@]4(O)CO. The molecule has 152 valence electrons. The fraction of sp³-hybridized carbons (Fsp3) is 0.909. The summed E-state index contributed by atoms with van der Waals surface area (Å²) in [5.74, 6) is 0.743. The summed E-state index contributed by atoms with van der Waals surface area (Å²) >= 11 is 0. The van der Waals surface area contributed by atoms with Gasteiger partial charge in [-0.05, 0) is 80.5 Å². The van der Waals surface area contributed by atoms with Crippen LogP contribution in [-0.4, -0.2) is 40.8 Å². The molecule has 5 heteroatoms. The van der Waals surface area contributed by atoms with E-state index in [0.717, 1.165) is 38.5 Å². The molecule has 0 heterocycles. The third kappa shape index (κ3) is 2.57. The number of ether oxygens (including phenoxy) is 1. The summed E-state index contributed by atoms with van der Waals surface area (Å²) in [5, 5.41) is 20.9. The Balaban J connectivity index is 1.68. The van der Waals surface area contributed by atoms with Crippen LogP contribution in [0.4, 0.5) is 0 Å². The van der Waals surface area contributed by atoms with Gasteiger partial charge in [-0.3, -0.25) is 9.59 Å². The predicted octanol–water partition coefficient (Wildman–Crippen LogP) is 2.86. The van der Waals surface area contributed by atoms with E-state index in [1.807, 2.05) is 6.92 Å². The first kappa shape index (κ1) is 19.4. The topological polar surface area (TPSA) is 83.8 Å². The maximum absolute atomic E-state index is 12.9. The molecule has 5 aliphatic carbocycles. The van der Waals surface area contributed by atoms with Crippen molar-refractivity contribution in [3.8, 4) is 0 Å². The summed E-state index contributed by atoms with van der Waals surface area (Å²) in [6.45, 7) is 5.80. The van der Waals surface area contributed by atoms with E-state index in [9.17, 15) is 19.8 Å². The number of hydrogen-bond acceptors (Lipinski definition) is 5. The molecule has 0 aliphatic heterocycles. The van der Waals surface area contributed by atoms with Crippen LogP contribution >= 0.6 is 0 Å². The van der Waals surface area contributed by atoms with Crippen molar-refractivity contribution in [1.29, 1.82) is 0 Å². The molecule has 5 nitrogen and oxygen atoms in total. The second-order valence-electron chi connectivity index (χ2n) is 10.5. The van der Waals surface area contributed by atoms with Gasteiger partial charge in [-0.2, -0.15) is 0 Å². The number of aliphatic hydroxyl groups excluding tert-OH is 1. The summed E-state index contributed by atoms with van der Waals surface area (Å²) in [6.07, 6.45) is 7.14. The third-order valence-corrected chi connectivity index (χ3v) is 9.34. The van der Waals surface area contributed by atoms with Gasteiger partial charge >= 0.3 is 5.97 Å². The first-order valence-corrected chi connectivity index (χ1v) is 10.6. The van der Waals surface area contributed by atoms with Gasteiger partial charge < -0.3 is 14.9 Å². The molecular formula is C22H34O5. The molecule has 0 aromatic rings. The van der Waals surface area contributed by atoms with Crippen LogP contribution in [-0.2, 0) is 14.3 Å². The molecule has 2 bridgehead atoms. The van der Waals surface area contributed by atoms with Crippen molar-refractivity contribution < 1.29 is 24.5 Å². The normalized spacial score (nSPS) is 51.4. The second kappa shape index (κ2) is 6.03. The fourth-order valence-corrected chi connectivity index (χ4v) is 7.98. The first-order valence-electron chi connectivity index (χ1n) is 10.6. The molecule has 27 heavy (non-hydrogen) atoms. The molecule has 5 aliphatic rings. The molecule has 5 rings (SSSR count). The van der Waals surface area contributed by atoms with Gasteiger partial charge in [-0.25, -0.2) is 0 Å². The van der Waals surface area contributed by atoms with Crippen molar-refractivity contribution >= 4 is 11.8 Å². The van der Waals surface area contributed by atoms with E-state index >= 15 is 0 Å². The van der Waals surface area contributed by atoms with Gasteiger partial charge in [0.15, 0.2) is 0 Å². The Labute approximate surface area is 161 Å². The molecular weight excluding hydrogens is 344 g/mol. The Morgan fingerprint density at radius 3 is 2.56 bits per heavy atom. The molecule has 5 fully saturated rings. The number of rotatable bonds is 3. The number of hydrogen-bond donors (Lipinski definition) is 2. The maximum atomic E-state index is 12.9. The van der Waals surface area contributed by atoms with Gasteiger partial charge in [-0.1, -0.05) is 6.92 Å². The number of aliphatic hydroxyl groups is 2. The highest BCUT2D eigenvalue weighted by molar-refractivity contribution is 5.86. The zero-order valence-corrected chi connectivity index (χ0v) is 16.9. The highest BCUT2D eigenvalue weighted by Gasteiger charge is 2.68. The van der Waals surface area contributed by atoms with E-state index in [0.29, 0.717) is 18.8 Å². The highest BCUT2D eigenvalue weighted by atomic mass is 16.5. The second-order valence-corrected chi connectivity index (χ2v) is 10.5. The standard InChI is InChI=1S/C22H34O5/c1-14(24)27-13-20(3)16-5-9-21-8-4-15(22(26,11-21)12-23)10-17(21)19(16,2)7-6-18(20)25/h15-17,23,26H,4-13H2,1-3H3/t15-,16-,17-,19+,20-,21+,22+/m0/s1. The minimum absolute atomic E-state index is 0.0243. The van der Waals surface area contributed by atoms with Crippen molar-refractivity contribution in [2.45, 2.75) is 77.7 Å². The molecule has 0 radical (unpaired) electrons. The summed E-state index contributed by atoms with van der Waals surface area (Å²) in [6, 6.07) is 0. The zero-order valence-electron chi connectivity index (χ0n) is 16.9. The summed E-state index contributed by atoms with van der Waals surface area (Å²) < 4.78 is 5.36. The van der Waals surface area contributed by atoms with E-state index in [2.05, 4.69) is 6.92 Å². The van der Waals surface area contributed by atoms with E-state index in [1.165, 1.54) is 6.92 Å². The predicted molar refractivity (Wildman–Crippen MR) is 99.7 cm³/mol. The Hall–Kier alpha value is -0.940. The maximum Gasteiger partial charge on any atom is 0.302 e. The van der Waals surface area contributed by atoms with Crippen LogP contribution in [0, 0.1) is 34.0 Å². The molecule has 7 atom stereocenters. The monoisotopic (exact) mass is 378 g/mol. The third-order valence-electron chi connectivity index (χ3n) is 9.34. The van der Waals surface area contributed by atoms with Crippen LogP contribution in [0.3, 0.4) is 0 Å². The van der Waals surface area contributed by atoms with Gasteiger partial charge in [0.25, 0.3) is 0 Å². The van der Waals surface area contributed by atoms with Crippen molar-refractivity contribution in [3.05, 3.63) is 0 Å². The van der Waals surface area contributed by atoms with E-state index in [-0.39, 0.29) is 47.6 Å². The van der Waals surface area contributed by atoms with Crippen molar-refractivity contribution in [2.75, 3.05) is 13.2 Å². The Morgan fingerprint density at radius 2 is 1.89 bits per heavy atom. The van der Waals surface area contributed by atoms with E-state index in [1.54, 1.807) is 0 Å². The van der Waals surface area contributed by atoms with Gasteiger partial charge in [0.1, 0.15) is 12.4 Å². The minimum atomic E-state index is -0.927. The molecule has 0 unspecified atom stereocenters. The van der Waals surface area contributed by atoms with Crippen molar-refractivity contribution in [1.82, 2.24) is 0 Å². The lowest BCUT2D eigenvalue weighted by Crippen LogP contribution is -2.67. The van der Waals surface area contributed by atoms with Crippen LogP contribution in [0.2, 0.25) is 0 Å². The van der Waals surface area contributed by atoms with Crippen molar-refractivity contribution in [2.24, 2.45) is 34.0 Å². The Morgan fingerprint density at radius 1 is 1.19 bits per heavy atom. The summed E-state index contributed by atoms with van der Waals surface area (Å²) in [4.78, 5) is 24.4. The average Bonchev–Trinajstić information content (AvgIpc) is 2.63. The lowest BCUT2D eigenvalue weighted by atomic mass is 9.35. The molecule has 0 aromatic carbocycles. The zero-order chi connectivity index (χ0) is 19.7. The van der Waals surface area contributed by atoms with Crippen LogP contribution in [0.15, 0.2) is 0 Å². The van der Waals surface area contributed by atoms with Crippen LogP contribution in [0.5, 0.6) is 0 Å². The molecule has 0 saturated heterocycles. The summed E-state index contributed by atoms with van der Waals surface area (Å²) in [5.41, 5.74) is -1.43. The number of carbonyl (C=O) groups excluding carboxylic acids is 2. The smallest absolute Gasteiger partial charge is 0.302 e. The van der Waals surface area contributed by atoms with E-state index in [4.69, 9.17) is 4.74 Å². The Bertz CT molecular complexity index is 661. The van der Waals surface area contributed by atoms with Crippen LogP contribution < -0.4 is 0 Å². The minimum Gasteiger partial charge on any atom is -0.465 e. The number of esters is 1. The number of ketones is 1. The quantitative estimate of drug-likeness (QED) is 0.738. The molecule has 2 N–H and O–H groups in total. The van der Waals surface area contributed by atoms with Crippen molar-refractivity contribution in [3.63, 3.8) is 0 Å². The average molecular weight is 379 g/mol. The number of Topliss-reactive ketones (excluding diaryl/α,β-unsaturated/α-hetero) is 1. The van der Waals surface area contributed by atoms with Crippen LogP contribution in [0.25, 0.3) is 0 Å². The summed E-state index contributed by atoms with van der Waals surface area (Å²) in [7, 11) is 0. The van der Waals surface area contributed by atoms with Gasteiger partial charge in [0, 0.05) is 13.3 Å². The van der Waals surface area contributed by atoms with Gasteiger partial charge in [-0.15, -0.1) is 0 Å². The van der Waals surface area contributed by atoms with Crippen LogP contribution in [0.1, 0.15) is 72.1 Å². The Kier molecular flexibility index (Phi) is 4.33. The molecule has 0 aromatic heterocycles. The molecule has 0 amide bonds. The largest absolute Gasteiger partial charge is 0.465 e. The molecule has 1 spiro atoms. The lowest BCUT2D eigenvalue weighted by Gasteiger charge is -2.69. The van der Waals surface area contributed by atoms with Gasteiger partial charge in [0.05, 0.1) is 17.6 Å².